The van der Waals surface area contributed by atoms with E-state index in [1.54, 1.807) is 12.1 Å². The number of ketones is 1. The second-order valence-corrected chi connectivity index (χ2v) is 3.24. The van der Waals surface area contributed by atoms with Crippen LogP contribution in [-0.2, 0) is 0 Å². The van der Waals surface area contributed by atoms with Crippen molar-refractivity contribution >= 4 is 5.78 Å². The largest absolute Gasteiger partial charge is 0.492 e. The van der Waals surface area contributed by atoms with Crippen LogP contribution in [0.3, 0.4) is 0 Å². The van der Waals surface area contributed by atoms with Gasteiger partial charge in [0.1, 0.15) is 5.75 Å². The molecule has 1 heterocycles. The zero-order chi connectivity index (χ0) is 10.7. The van der Waals surface area contributed by atoms with Crippen LogP contribution in [0.15, 0.2) is 18.2 Å². The SMILES string of the molecule is NCC#Cc1ccc2c(c1)C(=O)CCO2. The number of benzene rings is 1. The third kappa shape index (κ3) is 2.00. The van der Waals surface area contributed by atoms with E-state index in [1.165, 1.54) is 0 Å². The van der Waals surface area contributed by atoms with Crippen LogP contribution in [0.5, 0.6) is 5.75 Å². The molecular weight excluding hydrogens is 190 g/mol. The first-order valence-electron chi connectivity index (χ1n) is 4.80. The first-order chi connectivity index (χ1) is 7.31. The van der Waals surface area contributed by atoms with E-state index in [2.05, 4.69) is 11.8 Å². The van der Waals surface area contributed by atoms with Gasteiger partial charge in [0.2, 0.25) is 0 Å². The smallest absolute Gasteiger partial charge is 0.170 e. The molecule has 0 saturated carbocycles. The van der Waals surface area contributed by atoms with Crippen molar-refractivity contribution in [3.8, 4) is 17.6 Å². The van der Waals surface area contributed by atoms with Crippen molar-refractivity contribution in [3.63, 3.8) is 0 Å². The molecule has 0 saturated heterocycles. The van der Waals surface area contributed by atoms with Crippen LogP contribution in [0, 0.1) is 11.8 Å². The van der Waals surface area contributed by atoms with Gasteiger partial charge >= 0.3 is 0 Å². The summed E-state index contributed by atoms with van der Waals surface area (Å²) in [5.74, 6) is 6.42. The lowest BCUT2D eigenvalue weighted by atomic mass is 10.0. The Labute approximate surface area is 88.2 Å². The summed E-state index contributed by atoms with van der Waals surface area (Å²) < 4.78 is 5.36. The van der Waals surface area contributed by atoms with Gasteiger partial charge in [-0.3, -0.25) is 4.79 Å². The van der Waals surface area contributed by atoms with Gasteiger partial charge < -0.3 is 10.5 Å². The summed E-state index contributed by atoms with van der Waals surface area (Å²) in [5.41, 5.74) is 6.71. The van der Waals surface area contributed by atoms with E-state index >= 15 is 0 Å². The molecule has 0 radical (unpaired) electrons. The molecule has 15 heavy (non-hydrogen) atoms. The average Bonchev–Trinajstić information content (AvgIpc) is 2.27. The van der Waals surface area contributed by atoms with Crippen molar-refractivity contribution in [2.24, 2.45) is 5.73 Å². The van der Waals surface area contributed by atoms with Crippen molar-refractivity contribution in [1.82, 2.24) is 0 Å². The van der Waals surface area contributed by atoms with Crippen LogP contribution >= 0.6 is 0 Å². The van der Waals surface area contributed by atoms with E-state index in [0.717, 1.165) is 5.56 Å². The minimum absolute atomic E-state index is 0.118. The fourth-order valence-electron chi connectivity index (χ4n) is 1.49. The highest BCUT2D eigenvalue weighted by Crippen LogP contribution is 2.25. The van der Waals surface area contributed by atoms with Crippen LogP contribution in [0.25, 0.3) is 0 Å². The number of fused-ring (bicyclic) bond motifs is 1. The summed E-state index contributed by atoms with van der Waals surface area (Å²) in [6.07, 6.45) is 0.445. The number of rotatable bonds is 0. The van der Waals surface area contributed by atoms with E-state index < -0.39 is 0 Å². The molecule has 1 aromatic carbocycles. The zero-order valence-corrected chi connectivity index (χ0v) is 8.25. The Balaban J connectivity index is 2.39. The minimum atomic E-state index is 0.118. The molecule has 0 amide bonds. The van der Waals surface area contributed by atoms with Gasteiger partial charge in [0.25, 0.3) is 0 Å². The number of Topliss-reactive ketones (excluding diaryl/α,β-unsaturated/α-hetero) is 1. The van der Waals surface area contributed by atoms with Gasteiger partial charge in [-0.2, -0.15) is 0 Å². The Hall–Kier alpha value is -1.79. The Morgan fingerprint density at radius 2 is 2.33 bits per heavy atom. The van der Waals surface area contributed by atoms with Crippen LogP contribution < -0.4 is 10.5 Å². The molecule has 1 aromatic rings. The van der Waals surface area contributed by atoms with E-state index in [-0.39, 0.29) is 5.78 Å². The molecule has 0 spiro atoms. The van der Waals surface area contributed by atoms with Crippen molar-refractivity contribution in [2.75, 3.05) is 13.2 Å². The maximum atomic E-state index is 11.6. The van der Waals surface area contributed by atoms with Crippen LogP contribution in [-0.4, -0.2) is 18.9 Å². The fourth-order valence-corrected chi connectivity index (χ4v) is 1.49. The zero-order valence-electron chi connectivity index (χ0n) is 8.25. The Morgan fingerprint density at radius 3 is 3.13 bits per heavy atom. The summed E-state index contributed by atoms with van der Waals surface area (Å²) in [6.45, 7) is 0.793. The fraction of sp³-hybridized carbons (Fsp3) is 0.250. The molecule has 0 fully saturated rings. The van der Waals surface area contributed by atoms with Crippen molar-refractivity contribution < 1.29 is 9.53 Å². The second kappa shape index (κ2) is 4.16. The lowest BCUT2D eigenvalue weighted by molar-refractivity contribution is 0.0933. The molecule has 2 rings (SSSR count). The highest BCUT2D eigenvalue weighted by molar-refractivity contribution is 5.99. The van der Waals surface area contributed by atoms with Crippen molar-refractivity contribution in [2.45, 2.75) is 6.42 Å². The molecule has 2 N–H and O–H groups in total. The van der Waals surface area contributed by atoms with E-state index in [1.807, 2.05) is 6.07 Å². The summed E-state index contributed by atoms with van der Waals surface area (Å²) in [6, 6.07) is 5.38. The summed E-state index contributed by atoms with van der Waals surface area (Å²) in [7, 11) is 0. The lowest BCUT2D eigenvalue weighted by Crippen LogP contribution is -2.15. The molecule has 0 aliphatic carbocycles. The third-order valence-electron chi connectivity index (χ3n) is 2.20. The highest BCUT2D eigenvalue weighted by atomic mass is 16.5. The monoisotopic (exact) mass is 201 g/mol. The molecular formula is C12H11NO2. The molecule has 76 valence electrons. The number of nitrogens with two attached hydrogens (primary N) is 1. The predicted molar refractivity (Wildman–Crippen MR) is 56.8 cm³/mol. The quantitative estimate of drug-likeness (QED) is 0.636. The summed E-state index contributed by atoms with van der Waals surface area (Å²) >= 11 is 0. The van der Waals surface area contributed by atoms with Gasteiger partial charge in [-0.05, 0) is 18.2 Å². The number of carbonyl (C=O) groups is 1. The number of hydrogen-bond donors (Lipinski definition) is 1. The average molecular weight is 201 g/mol. The maximum absolute atomic E-state index is 11.6. The second-order valence-electron chi connectivity index (χ2n) is 3.24. The van der Waals surface area contributed by atoms with Gasteiger partial charge in [0, 0.05) is 12.0 Å². The van der Waals surface area contributed by atoms with Crippen molar-refractivity contribution in [1.29, 1.82) is 0 Å². The molecule has 3 heteroatoms. The topological polar surface area (TPSA) is 52.3 Å². The predicted octanol–water partition coefficient (Wildman–Crippen LogP) is 0.962. The maximum Gasteiger partial charge on any atom is 0.170 e. The number of ether oxygens (including phenoxy) is 1. The number of carbonyl (C=O) groups excluding carboxylic acids is 1. The molecule has 0 unspecified atom stereocenters. The van der Waals surface area contributed by atoms with Gasteiger partial charge in [0.15, 0.2) is 5.78 Å². The van der Waals surface area contributed by atoms with Crippen LogP contribution in [0.4, 0.5) is 0 Å². The van der Waals surface area contributed by atoms with E-state index in [0.29, 0.717) is 30.9 Å². The summed E-state index contributed by atoms with van der Waals surface area (Å²) in [5, 5.41) is 0. The molecule has 1 aliphatic rings. The summed E-state index contributed by atoms with van der Waals surface area (Å²) in [4.78, 5) is 11.6. The minimum Gasteiger partial charge on any atom is -0.492 e. The first-order valence-corrected chi connectivity index (χ1v) is 4.80. The van der Waals surface area contributed by atoms with Crippen LogP contribution in [0.1, 0.15) is 22.3 Å². The van der Waals surface area contributed by atoms with E-state index in [4.69, 9.17) is 10.5 Å². The Bertz CT molecular complexity index is 454. The van der Waals surface area contributed by atoms with Gasteiger partial charge in [-0.15, -0.1) is 0 Å². The number of hydrogen-bond acceptors (Lipinski definition) is 3. The van der Waals surface area contributed by atoms with Gasteiger partial charge in [0.05, 0.1) is 18.7 Å². The standard InChI is InChI=1S/C12H11NO2/c13-6-1-2-9-3-4-12-10(8-9)11(14)5-7-15-12/h3-4,8H,5-7,13H2. The Kier molecular flexibility index (Phi) is 2.70. The molecule has 0 atom stereocenters. The molecule has 3 nitrogen and oxygen atoms in total. The Morgan fingerprint density at radius 1 is 1.47 bits per heavy atom. The first kappa shape index (κ1) is 9.75. The van der Waals surface area contributed by atoms with Gasteiger partial charge in [-0.25, -0.2) is 0 Å². The van der Waals surface area contributed by atoms with Crippen LogP contribution in [0.2, 0.25) is 0 Å². The van der Waals surface area contributed by atoms with Gasteiger partial charge in [-0.1, -0.05) is 11.8 Å². The highest BCUT2D eigenvalue weighted by Gasteiger charge is 2.17. The third-order valence-corrected chi connectivity index (χ3v) is 2.20. The van der Waals surface area contributed by atoms with E-state index in [9.17, 15) is 4.79 Å². The lowest BCUT2D eigenvalue weighted by Gasteiger charge is -2.15. The molecule has 0 bridgehead atoms. The molecule has 0 aromatic heterocycles. The normalized spacial score (nSPS) is 13.5. The van der Waals surface area contributed by atoms with Crippen molar-refractivity contribution in [3.05, 3.63) is 29.3 Å². The molecule has 1 aliphatic heterocycles.